The molecule has 0 amide bonds. The monoisotopic (exact) mass is 468 g/mol. The van der Waals surface area contributed by atoms with Crippen LogP contribution in [0.15, 0.2) is 44.9 Å². The van der Waals surface area contributed by atoms with E-state index < -0.39 is 5.97 Å². The van der Waals surface area contributed by atoms with Crippen LogP contribution in [-0.4, -0.2) is 40.6 Å². The summed E-state index contributed by atoms with van der Waals surface area (Å²) in [6.45, 7) is 0. The molecule has 0 aliphatic carbocycles. The summed E-state index contributed by atoms with van der Waals surface area (Å²) in [7, 11) is 3.02. The number of aliphatic carboxylic acids is 1. The van der Waals surface area contributed by atoms with Gasteiger partial charge in [-0.3, -0.25) is 0 Å². The van der Waals surface area contributed by atoms with Crippen LogP contribution in [0.25, 0.3) is 17.5 Å². The third-order valence-electron chi connectivity index (χ3n) is 3.76. The Balaban J connectivity index is 1.92. The number of methoxy groups -OCH3 is 2. The van der Waals surface area contributed by atoms with Gasteiger partial charge in [-0.05, 0) is 42.1 Å². The molecule has 0 saturated heterocycles. The van der Waals surface area contributed by atoms with Crippen molar-refractivity contribution in [2.24, 2.45) is 0 Å². The zero-order chi connectivity index (χ0) is 21.8. The summed E-state index contributed by atoms with van der Waals surface area (Å²) in [5.74, 6) is -0.367. The topological polar surface area (TPSA) is 115 Å². The Morgan fingerprint density at radius 2 is 1.77 bits per heavy atom. The second kappa shape index (κ2) is 9.29. The van der Waals surface area contributed by atoms with Crippen LogP contribution in [0.3, 0.4) is 0 Å². The average Bonchev–Trinajstić information content (AvgIpc) is 3.19. The van der Waals surface area contributed by atoms with E-state index in [0.717, 1.165) is 0 Å². The molecule has 0 bridgehead atoms. The highest BCUT2D eigenvalue weighted by atomic mass is 35.5. The Hall–Kier alpha value is -2.88. The minimum atomic E-state index is -1.27. The second-order valence-corrected chi connectivity index (χ2v) is 7.55. The van der Waals surface area contributed by atoms with Crippen LogP contribution >= 0.6 is 35.0 Å². The smallest absolute Gasteiger partial charge is 0.342 e. The highest BCUT2D eigenvalue weighted by Crippen LogP contribution is 2.36. The van der Waals surface area contributed by atoms with Crippen LogP contribution in [0, 0.1) is 0 Å². The summed E-state index contributed by atoms with van der Waals surface area (Å²) in [6.07, 6.45) is 1.21. The van der Waals surface area contributed by atoms with E-state index in [2.05, 4.69) is 10.2 Å². The number of hydrogen-bond acceptors (Lipinski definition) is 8. The molecule has 0 spiro atoms. The largest absolute Gasteiger partial charge is 0.506 e. The molecule has 1 aromatic heterocycles. The molecule has 0 radical (unpaired) electrons. The number of aromatic nitrogens is 2. The lowest BCUT2D eigenvalue weighted by Gasteiger charge is -2.06. The van der Waals surface area contributed by atoms with Crippen LogP contribution < -0.4 is 9.47 Å². The molecule has 0 fully saturated rings. The molecule has 30 heavy (non-hydrogen) atoms. The number of hydrogen-bond donors (Lipinski definition) is 2. The molecule has 0 aliphatic rings. The predicted octanol–water partition coefficient (Wildman–Crippen LogP) is 4.98. The Kier molecular flexibility index (Phi) is 6.76. The lowest BCUT2D eigenvalue weighted by Crippen LogP contribution is -1.97. The highest BCUT2D eigenvalue weighted by molar-refractivity contribution is 8.03. The fraction of sp³-hybridized carbons (Fsp3) is 0.105. The first-order valence-corrected chi connectivity index (χ1v) is 9.75. The number of thioether (sulfide) groups is 1. The number of halogens is 2. The second-order valence-electron chi connectivity index (χ2n) is 5.72. The zero-order valence-corrected chi connectivity index (χ0v) is 17.9. The molecular weight excluding hydrogens is 455 g/mol. The van der Waals surface area contributed by atoms with Crippen LogP contribution in [0.1, 0.15) is 5.56 Å². The van der Waals surface area contributed by atoms with E-state index in [1.54, 1.807) is 18.2 Å². The van der Waals surface area contributed by atoms with E-state index in [4.69, 9.17) is 37.1 Å². The molecule has 0 saturated carbocycles. The van der Waals surface area contributed by atoms with E-state index in [1.165, 1.54) is 32.4 Å². The van der Waals surface area contributed by atoms with Gasteiger partial charge in [0.2, 0.25) is 5.89 Å². The van der Waals surface area contributed by atoms with Crippen molar-refractivity contribution in [2.75, 3.05) is 14.2 Å². The fourth-order valence-corrected chi connectivity index (χ4v) is 3.54. The van der Waals surface area contributed by atoms with E-state index in [1.807, 2.05) is 0 Å². The number of ether oxygens (including phenoxy) is 2. The number of rotatable bonds is 7. The van der Waals surface area contributed by atoms with Gasteiger partial charge in [-0.25, -0.2) is 4.79 Å². The molecule has 2 aromatic carbocycles. The van der Waals surface area contributed by atoms with Gasteiger partial charge in [0, 0.05) is 22.2 Å². The first-order chi connectivity index (χ1) is 14.3. The lowest BCUT2D eigenvalue weighted by atomic mass is 10.2. The Labute approximate surface area is 185 Å². The van der Waals surface area contributed by atoms with Gasteiger partial charge in [0.05, 0.1) is 19.2 Å². The predicted molar refractivity (Wildman–Crippen MR) is 112 cm³/mol. The Bertz CT molecular complexity index is 1110. The van der Waals surface area contributed by atoms with Crippen molar-refractivity contribution in [3.05, 3.63) is 50.8 Å². The van der Waals surface area contributed by atoms with Crippen LogP contribution in [0.4, 0.5) is 0 Å². The standard InChI is InChI=1S/C19H14Cl2N2O6S/c1-27-12-4-10(5-13(8-12)28-2)17-22-23-19(29-17)30-15(18(25)26)6-9-3-11(20)7-14(21)16(9)24/h3-8,24H,1-2H3,(H,25,26)/b15-6-. The zero-order valence-electron chi connectivity index (χ0n) is 15.6. The van der Waals surface area contributed by atoms with Crippen molar-refractivity contribution in [2.45, 2.75) is 5.22 Å². The normalized spacial score (nSPS) is 11.4. The maximum atomic E-state index is 11.7. The lowest BCUT2D eigenvalue weighted by molar-refractivity contribution is -0.131. The van der Waals surface area contributed by atoms with Crippen molar-refractivity contribution < 1.29 is 28.9 Å². The Morgan fingerprint density at radius 1 is 1.10 bits per heavy atom. The molecule has 3 rings (SSSR count). The van der Waals surface area contributed by atoms with E-state index in [0.29, 0.717) is 28.8 Å². The van der Waals surface area contributed by atoms with Crippen LogP contribution in [-0.2, 0) is 4.79 Å². The quantitative estimate of drug-likeness (QED) is 0.365. The molecule has 0 unspecified atom stereocenters. The van der Waals surface area contributed by atoms with E-state index in [-0.39, 0.29) is 37.4 Å². The first kappa shape index (κ1) is 21.8. The number of carbonyl (C=O) groups is 1. The van der Waals surface area contributed by atoms with Gasteiger partial charge in [0.25, 0.3) is 5.22 Å². The van der Waals surface area contributed by atoms with Gasteiger partial charge < -0.3 is 24.1 Å². The molecule has 2 N–H and O–H groups in total. The molecule has 156 valence electrons. The third-order valence-corrected chi connectivity index (χ3v) is 5.12. The number of nitrogens with zero attached hydrogens (tertiary/aromatic N) is 2. The first-order valence-electron chi connectivity index (χ1n) is 8.18. The van der Waals surface area contributed by atoms with E-state index >= 15 is 0 Å². The summed E-state index contributed by atoms with van der Waals surface area (Å²) in [6, 6.07) is 7.75. The number of phenols is 1. The summed E-state index contributed by atoms with van der Waals surface area (Å²) in [5.41, 5.74) is 0.667. The maximum Gasteiger partial charge on any atom is 0.342 e. The molecule has 0 atom stereocenters. The van der Waals surface area contributed by atoms with Gasteiger partial charge in [-0.2, -0.15) is 0 Å². The van der Waals surface area contributed by atoms with Crippen LogP contribution in [0.2, 0.25) is 10.0 Å². The number of phenolic OH excluding ortho intramolecular Hbond substituents is 1. The van der Waals surface area contributed by atoms with Gasteiger partial charge in [0.1, 0.15) is 22.2 Å². The molecular formula is C19H14Cl2N2O6S. The summed E-state index contributed by atoms with van der Waals surface area (Å²) >= 11 is 12.5. The number of carboxylic acids is 1. The minimum Gasteiger partial charge on any atom is -0.506 e. The number of aromatic hydroxyl groups is 1. The van der Waals surface area contributed by atoms with Gasteiger partial charge in [-0.1, -0.05) is 23.2 Å². The van der Waals surface area contributed by atoms with Crippen molar-refractivity contribution in [1.29, 1.82) is 0 Å². The summed E-state index contributed by atoms with van der Waals surface area (Å²) in [5, 5.41) is 27.6. The van der Waals surface area contributed by atoms with Gasteiger partial charge in [-0.15, -0.1) is 10.2 Å². The average molecular weight is 469 g/mol. The molecule has 11 heteroatoms. The molecule has 3 aromatic rings. The fourth-order valence-electron chi connectivity index (χ4n) is 2.36. The maximum absolute atomic E-state index is 11.7. The van der Waals surface area contributed by atoms with Crippen molar-refractivity contribution in [1.82, 2.24) is 10.2 Å². The number of carboxylic acid groups (broad SMARTS) is 1. The van der Waals surface area contributed by atoms with E-state index in [9.17, 15) is 15.0 Å². The molecule has 0 aliphatic heterocycles. The van der Waals surface area contributed by atoms with Gasteiger partial charge >= 0.3 is 5.97 Å². The van der Waals surface area contributed by atoms with Crippen LogP contribution in [0.5, 0.6) is 17.2 Å². The van der Waals surface area contributed by atoms with Crippen molar-refractivity contribution in [3.63, 3.8) is 0 Å². The van der Waals surface area contributed by atoms with Crippen molar-refractivity contribution >= 4 is 47.0 Å². The summed E-state index contributed by atoms with van der Waals surface area (Å²) < 4.78 is 16.0. The van der Waals surface area contributed by atoms with Gasteiger partial charge in [0.15, 0.2) is 0 Å². The SMILES string of the molecule is COc1cc(OC)cc(-c2nnc(S/C(=C\c3cc(Cl)cc(Cl)c3O)C(=O)O)o2)c1. The number of benzene rings is 2. The Morgan fingerprint density at radius 3 is 2.37 bits per heavy atom. The molecule has 1 heterocycles. The summed E-state index contributed by atoms with van der Waals surface area (Å²) in [4.78, 5) is 11.5. The van der Waals surface area contributed by atoms with Crippen molar-refractivity contribution in [3.8, 4) is 28.7 Å². The molecule has 8 nitrogen and oxygen atoms in total. The minimum absolute atomic E-state index is 0.00413. The highest BCUT2D eigenvalue weighted by Gasteiger charge is 2.18. The third kappa shape index (κ3) is 4.99.